The summed E-state index contributed by atoms with van der Waals surface area (Å²) in [7, 11) is 0. The highest BCUT2D eigenvalue weighted by molar-refractivity contribution is 6.30. The van der Waals surface area contributed by atoms with Gasteiger partial charge in [-0.25, -0.2) is 4.98 Å². The highest BCUT2D eigenvalue weighted by Gasteiger charge is 2.18. The molecule has 3 rings (SSSR count). The molecule has 1 aromatic carbocycles. The summed E-state index contributed by atoms with van der Waals surface area (Å²) in [6.07, 6.45) is 3.33. The first-order valence-electron chi connectivity index (χ1n) is 8.05. The molecule has 0 radical (unpaired) electrons. The number of aromatic nitrogens is 2. The lowest BCUT2D eigenvalue weighted by molar-refractivity contribution is 0.200. The van der Waals surface area contributed by atoms with Crippen LogP contribution in [0, 0.1) is 6.92 Å². The third-order valence-corrected chi connectivity index (χ3v) is 4.37. The van der Waals surface area contributed by atoms with Crippen molar-refractivity contribution in [1.82, 2.24) is 14.9 Å². The Bertz CT molecular complexity index is 688. The zero-order chi connectivity index (χ0) is 16.9. The summed E-state index contributed by atoms with van der Waals surface area (Å²) in [5, 5.41) is 0.737. The number of benzene rings is 1. The largest absolute Gasteiger partial charge is 0.492 e. The van der Waals surface area contributed by atoms with Crippen molar-refractivity contribution in [3.63, 3.8) is 0 Å². The van der Waals surface area contributed by atoms with Crippen LogP contribution in [0.4, 0.5) is 11.6 Å². The van der Waals surface area contributed by atoms with Crippen LogP contribution in [0.15, 0.2) is 30.6 Å². The van der Waals surface area contributed by atoms with Crippen molar-refractivity contribution >= 4 is 23.2 Å². The van der Waals surface area contributed by atoms with Gasteiger partial charge in [-0.3, -0.25) is 9.88 Å². The molecule has 1 fully saturated rings. The van der Waals surface area contributed by atoms with Gasteiger partial charge in [0.25, 0.3) is 0 Å². The highest BCUT2D eigenvalue weighted by atomic mass is 35.5. The molecule has 2 aromatic rings. The summed E-state index contributed by atoms with van der Waals surface area (Å²) in [6.45, 7) is 7.35. The maximum Gasteiger partial charge on any atom is 0.149 e. The molecule has 2 N–H and O–H groups in total. The Morgan fingerprint density at radius 1 is 1.21 bits per heavy atom. The highest BCUT2D eigenvalue weighted by Crippen LogP contribution is 2.21. The minimum atomic E-state index is 0.460. The first kappa shape index (κ1) is 16.8. The first-order valence-corrected chi connectivity index (χ1v) is 8.43. The van der Waals surface area contributed by atoms with Gasteiger partial charge in [0.2, 0.25) is 0 Å². The Kier molecular flexibility index (Phi) is 5.37. The average Bonchev–Trinajstić information content (AvgIpc) is 2.57. The number of anilines is 2. The molecule has 0 saturated carbocycles. The molecule has 0 unspecified atom stereocenters. The van der Waals surface area contributed by atoms with Crippen LogP contribution in [-0.2, 0) is 0 Å². The number of halogens is 1. The molecule has 0 aliphatic carbocycles. The van der Waals surface area contributed by atoms with E-state index in [9.17, 15) is 0 Å². The zero-order valence-corrected chi connectivity index (χ0v) is 14.5. The van der Waals surface area contributed by atoms with Gasteiger partial charge >= 0.3 is 0 Å². The fourth-order valence-electron chi connectivity index (χ4n) is 2.78. The van der Waals surface area contributed by atoms with E-state index in [-0.39, 0.29) is 0 Å². The Labute approximate surface area is 147 Å². The second-order valence-electron chi connectivity index (χ2n) is 5.89. The lowest BCUT2D eigenvalue weighted by Crippen LogP contribution is -2.47. The van der Waals surface area contributed by atoms with Crippen LogP contribution in [0.3, 0.4) is 0 Å². The van der Waals surface area contributed by atoms with Gasteiger partial charge in [-0.05, 0) is 30.7 Å². The third-order valence-electron chi connectivity index (χ3n) is 4.14. The number of nitrogen functional groups attached to an aromatic ring is 1. The fraction of sp³-hybridized carbons (Fsp3) is 0.412. The minimum absolute atomic E-state index is 0.460. The molecule has 1 aliphatic heterocycles. The van der Waals surface area contributed by atoms with Gasteiger partial charge in [0, 0.05) is 37.7 Å². The topological polar surface area (TPSA) is 67.5 Å². The Morgan fingerprint density at radius 2 is 2.00 bits per heavy atom. The van der Waals surface area contributed by atoms with Gasteiger partial charge in [0.1, 0.15) is 24.0 Å². The van der Waals surface area contributed by atoms with Gasteiger partial charge in [0.15, 0.2) is 0 Å². The van der Waals surface area contributed by atoms with Gasteiger partial charge in [0.05, 0.1) is 12.4 Å². The molecular formula is C17H22ClN5O. The summed E-state index contributed by atoms with van der Waals surface area (Å²) in [4.78, 5) is 13.0. The number of ether oxygens (including phenoxy) is 1. The van der Waals surface area contributed by atoms with Crippen LogP contribution in [0.2, 0.25) is 5.02 Å². The average molecular weight is 348 g/mol. The molecule has 24 heavy (non-hydrogen) atoms. The molecule has 6 nitrogen and oxygen atoms in total. The molecule has 1 saturated heterocycles. The van der Waals surface area contributed by atoms with Crippen molar-refractivity contribution < 1.29 is 4.74 Å². The van der Waals surface area contributed by atoms with Crippen LogP contribution in [-0.4, -0.2) is 54.2 Å². The smallest absolute Gasteiger partial charge is 0.149 e. The van der Waals surface area contributed by atoms with E-state index >= 15 is 0 Å². The summed E-state index contributed by atoms with van der Waals surface area (Å²) in [6, 6.07) is 5.70. The second-order valence-corrected chi connectivity index (χ2v) is 6.33. The minimum Gasteiger partial charge on any atom is -0.492 e. The first-order chi connectivity index (χ1) is 11.6. The number of hydrogen-bond acceptors (Lipinski definition) is 6. The van der Waals surface area contributed by atoms with Crippen molar-refractivity contribution in [2.75, 3.05) is 50.0 Å². The van der Waals surface area contributed by atoms with E-state index in [4.69, 9.17) is 22.1 Å². The molecule has 0 atom stereocenters. The maximum atomic E-state index is 5.96. The van der Waals surface area contributed by atoms with E-state index < -0.39 is 0 Å². The van der Waals surface area contributed by atoms with E-state index in [1.54, 1.807) is 12.4 Å². The summed E-state index contributed by atoms with van der Waals surface area (Å²) >= 11 is 5.96. The molecule has 0 spiro atoms. The molecule has 128 valence electrons. The predicted molar refractivity (Wildman–Crippen MR) is 96.8 cm³/mol. The summed E-state index contributed by atoms with van der Waals surface area (Å²) < 4.78 is 5.87. The lowest BCUT2D eigenvalue weighted by atomic mass is 10.2. The van der Waals surface area contributed by atoms with Crippen LogP contribution in [0.5, 0.6) is 5.75 Å². The maximum absolute atomic E-state index is 5.96. The Balaban J connectivity index is 1.44. The van der Waals surface area contributed by atoms with Crippen LogP contribution in [0.25, 0.3) is 0 Å². The van der Waals surface area contributed by atoms with E-state index in [0.717, 1.165) is 54.9 Å². The van der Waals surface area contributed by atoms with Gasteiger partial charge in [-0.1, -0.05) is 11.6 Å². The molecule has 0 bridgehead atoms. The van der Waals surface area contributed by atoms with Crippen molar-refractivity contribution in [3.8, 4) is 5.75 Å². The number of rotatable bonds is 5. The SMILES string of the molecule is Cc1cc(Cl)ccc1OCCN1CCN(c2cncc(N)n2)CC1. The van der Waals surface area contributed by atoms with Crippen LogP contribution in [0.1, 0.15) is 5.56 Å². The fourth-order valence-corrected chi connectivity index (χ4v) is 3.01. The number of piperazine rings is 1. The van der Waals surface area contributed by atoms with Gasteiger partial charge < -0.3 is 15.4 Å². The van der Waals surface area contributed by atoms with Crippen molar-refractivity contribution in [3.05, 3.63) is 41.2 Å². The molecule has 1 aliphatic rings. The number of nitrogens with two attached hydrogens (primary N) is 1. The van der Waals surface area contributed by atoms with Crippen LogP contribution >= 0.6 is 11.6 Å². The molecule has 1 aromatic heterocycles. The van der Waals surface area contributed by atoms with Gasteiger partial charge in [-0.2, -0.15) is 0 Å². The Hall–Kier alpha value is -2.05. The lowest BCUT2D eigenvalue weighted by Gasteiger charge is -2.35. The summed E-state index contributed by atoms with van der Waals surface area (Å²) in [5.41, 5.74) is 6.76. The van der Waals surface area contributed by atoms with Crippen molar-refractivity contribution in [2.45, 2.75) is 6.92 Å². The standard InChI is InChI=1S/C17H22ClN5O/c1-13-10-14(18)2-3-15(13)24-9-8-22-4-6-23(7-5-22)17-12-20-11-16(19)21-17/h2-3,10-12H,4-9H2,1H3,(H2,19,21). The second kappa shape index (κ2) is 7.68. The monoisotopic (exact) mass is 347 g/mol. The van der Waals surface area contributed by atoms with Crippen molar-refractivity contribution in [1.29, 1.82) is 0 Å². The van der Waals surface area contributed by atoms with E-state index in [0.29, 0.717) is 12.4 Å². The van der Waals surface area contributed by atoms with E-state index in [2.05, 4.69) is 19.8 Å². The third kappa shape index (κ3) is 4.27. The normalized spacial score (nSPS) is 15.5. The predicted octanol–water partition coefficient (Wildman–Crippen LogP) is 2.22. The molecule has 0 amide bonds. The number of hydrogen-bond donors (Lipinski definition) is 1. The Morgan fingerprint density at radius 3 is 2.71 bits per heavy atom. The van der Waals surface area contributed by atoms with Crippen LogP contribution < -0.4 is 15.4 Å². The molecular weight excluding hydrogens is 326 g/mol. The van der Waals surface area contributed by atoms with E-state index in [1.165, 1.54) is 0 Å². The quantitative estimate of drug-likeness (QED) is 0.894. The van der Waals surface area contributed by atoms with Crippen molar-refractivity contribution in [2.24, 2.45) is 0 Å². The molecule has 7 heteroatoms. The summed E-state index contributed by atoms with van der Waals surface area (Å²) in [5.74, 6) is 2.21. The number of nitrogens with zero attached hydrogens (tertiary/aromatic N) is 4. The zero-order valence-electron chi connectivity index (χ0n) is 13.8. The van der Waals surface area contributed by atoms with E-state index in [1.807, 2.05) is 25.1 Å². The number of aryl methyl sites for hydroxylation is 1. The molecule has 2 heterocycles. The van der Waals surface area contributed by atoms with Gasteiger partial charge in [-0.15, -0.1) is 0 Å².